The van der Waals surface area contributed by atoms with E-state index in [0.29, 0.717) is 17.5 Å². The van der Waals surface area contributed by atoms with E-state index in [-0.39, 0.29) is 24.1 Å². The minimum absolute atomic E-state index is 0.102. The van der Waals surface area contributed by atoms with E-state index in [1.807, 2.05) is 20.8 Å². The van der Waals surface area contributed by atoms with Gasteiger partial charge in [-0.05, 0) is 11.5 Å². The van der Waals surface area contributed by atoms with Crippen molar-refractivity contribution in [1.82, 2.24) is 15.5 Å². The van der Waals surface area contributed by atoms with Crippen LogP contribution in [0.1, 0.15) is 26.3 Å². The first-order valence-corrected chi connectivity index (χ1v) is 6.43. The van der Waals surface area contributed by atoms with Crippen molar-refractivity contribution >= 4 is 23.4 Å². The number of anilines is 1. The van der Waals surface area contributed by atoms with Gasteiger partial charge in [-0.1, -0.05) is 32.4 Å². The molecule has 0 spiro atoms. The molecule has 1 aromatic heterocycles. The van der Waals surface area contributed by atoms with Crippen molar-refractivity contribution in [2.45, 2.75) is 32.2 Å². The van der Waals surface area contributed by atoms with Gasteiger partial charge < -0.3 is 10.4 Å². The van der Waals surface area contributed by atoms with Crippen LogP contribution >= 0.6 is 11.6 Å². The van der Waals surface area contributed by atoms with E-state index >= 15 is 0 Å². The van der Waals surface area contributed by atoms with Crippen molar-refractivity contribution in [3.05, 3.63) is 16.8 Å². The summed E-state index contributed by atoms with van der Waals surface area (Å²) < 4.78 is 0. The molecule has 0 aliphatic carbocycles. The van der Waals surface area contributed by atoms with E-state index < -0.39 is 0 Å². The molecule has 1 aliphatic heterocycles. The van der Waals surface area contributed by atoms with Crippen molar-refractivity contribution in [1.29, 1.82) is 0 Å². The number of nitrogens with one attached hydrogen (secondary N) is 1. The van der Waals surface area contributed by atoms with Crippen LogP contribution in [0, 0.1) is 0 Å². The Hall–Kier alpha value is -1.40. The minimum Gasteiger partial charge on any atom is -0.394 e. The first-order chi connectivity index (χ1) is 8.82. The average Bonchev–Trinajstić information content (AvgIpc) is 2.70. The number of nitrogens with zero attached hydrogens (tertiary/aromatic N) is 3. The summed E-state index contributed by atoms with van der Waals surface area (Å²) in [5, 5.41) is 19.9. The van der Waals surface area contributed by atoms with Crippen molar-refractivity contribution < 1.29 is 9.90 Å². The Morgan fingerprint density at radius 3 is 2.74 bits per heavy atom. The maximum Gasteiger partial charge on any atom is 0.323 e. The summed E-state index contributed by atoms with van der Waals surface area (Å²) in [6.45, 7) is 6.31. The lowest BCUT2D eigenvalue weighted by atomic mass is 9.88. The lowest BCUT2D eigenvalue weighted by Gasteiger charge is -2.21. The highest BCUT2D eigenvalue weighted by atomic mass is 35.5. The summed E-state index contributed by atoms with van der Waals surface area (Å²) >= 11 is 6.05. The molecule has 2 heterocycles. The van der Waals surface area contributed by atoms with E-state index in [2.05, 4.69) is 15.5 Å². The largest absolute Gasteiger partial charge is 0.394 e. The van der Waals surface area contributed by atoms with Gasteiger partial charge in [-0.15, -0.1) is 10.2 Å². The van der Waals surface area contributed by atoms with Crippen molar-refractivity contribution in [3.63, 3.8) is 0 Å². The quantitative estimate of drug-likeness (QED) is 0.858. The highest BCUT2D eigenvalue weighted by molar-refractivity contribution is 6.30. The molecule has 1 unspecified atom stereocenters. The molecule has 1 aromatic rings. The predicted octanol–water partition coefficient (Wildman–Crippen LogP) is 1.32. The number of urea groups is 1. The molecule has 0 radical (unpaired) electrons. The van der Waals surface area contributed by atoms with Gasteiger partial charge in [-0.25, -0.2) is 4.79 Å². The van der Waals surface area contributed by atoms with Crippen LogP contribution in [0.25, 0.3) is 0 Å². The predicted molar refractivity (Wildman–Crippen MR) is 72.5 cm³/mol. The Bertz CT molecular complexity index is 501. The number of halogens is 1. The van der Waals surface area contributed by atoms with Gasteiger partial charge in [0.25, 0.3) is 0 Å². The van der Waals surface area contributed by atoms with Crippen LogP contribution in [0.5, 0.6) is 0 Å². The standard InChI is InChI=1S/C12H17ClN4O2/c1-12(2,3)8-4-9(15-16-10(8)13)17-5-7(6-18)14-11(17)19/h4,7,18H,5-6H2,1-3H3,(H,14,19). The van der Waals surface area contributed by atoms with Gasteiger partial charge in [0, 0.05) is 5.56 Å². The summed E-state index contributed by atoms with van der Waals surface area (Å²) in [5.74, 6) is 0.447. The van der Waals surface area contributed by atoms with Crippen LogP contribution < -0.4 is 10.2 Å². The van der Waals surface area contributed by atoms with Gasteiger partial charge in [-0.2, -0.15) is 0 Å². The molecule has 19 heavy (non-hydrogen) atoms. The van der Waals surface area contributed by atoms with Crippen molar-refractivity contribution in [2.24, 2.45) is 0 Å². The number of aliphatic hydroxyl groups excluding tert-OH is 1. The minimum atomic E-state index is -0.282. The zero-order valence-electron chi connectivity index (χ0n) is 11.1. The Balaban J connectivity index is 2.34. The molecule has 6 nitrogen and oxygen atoms in total. The van der Waals surface area contributed by atoms with Gasteiger partial charge >= 0.3 is 6.03 Å². The summed E-state index contributed by atoms with van der Waals surface area (Å²) in [4.78, 5) is 13.3. The Labute approximate surface area is 116 Å². The molecule has 0 saturated carbocycles. The van der Waals surface area contributed by atoms with Crippen LogP contribution in [0.3, 0.4) is 0 Å². The third-order valence-corrected chi connectivity index (χ3v) is 3.30. The number of amides is 2. The maximum absolute atomic E-state index is 11.8. The molecular weight excluding hydrogens is 268 g/mol. The molecular formula is C12H17ClN4O2. The summed E-state index contributed by atoms with van der Waals surface area (Å²) in [6, 6.07) is 1.22. The number of rotatable bonds is 2. The number of hydrogen-bond donors (Lipinski definition) is 2. The molecule has 7 heteroatoms. The molecule has 104 valence electrons. The SMILES string of the molecule is CC(C)(C)c1cc(N2CC(CO)NC2=O)nnc1Cl. The number of aromatic nitrogens is 2. The van der Waals surface area contributed by atoms with E-state index in [0.717, 1.165) is 5.56 Å². The lowest BCUT2D eigenvalue weighted by molar-refractivity contribution is 0.239. The van der Waals surface area contributed by atoms with E-state index in [9.17, 15) is 4.79 Å². The normalized spacial score (nSPS) is 19.7. The highest BCUT2D eigenvalue weighted by Crippen LogP contribution is 2.30. The molecule has 1 aliphatic rings. The second-order valence-corrected chi connectivity index (χ2v) is 5.95. The van der Waals surface area contributed by atoms with Crippen LogP contribution in [-0.2, 0) is 5.41 Å². The number of carbonyl (C=O) groups is 1. The van der Waals surface area contributed by atoms with Crippen molar-refractivity contribution in [2.75, 3.05) is 18.1 Å². The Morgan fingerprint density at radius 2 is 2.21 bits per heavy atom. The zero-order chi connectivity index (χ0) is 14.2. The van der Waals surface area contributed by atoms with Crippen molar-refractivity contribution in [3.8, 4) is 0 Å². The maximum atomic E-state index is 11.8. The fourth-order valence-electron chi connectivity index (χ4n) is 1.93. The van der Waals surface area contributed by atoms with Gasteiger partial charge in [0.2, 0.25) is 0 Å². The smallest absolute Gasteiger partial charge is 0.323 e. The fraction of sp³-hybridized carbons (Fsp3) is 0.583. The molecule has 1 atom stereocenters. The van der Waals surface area contributed by atoms with E-state index in [4.69, 9.17) is 16.7 Å². The number of hydrogen-bond acceptors (Lipinski definition) is 4. The number of carbonyl (C=O) groups excluding carboxylic acids is 1. The second-order valence-electron chi connectivity index (χ2n) is 5.60. The van der Waals surface area contributed by atoms with Gasteiger partial charge in [0.05, 0.1) is 19.2 Å². The number of aliphatic hydroxyl groups is 1. The third kappa shape index (κ3) is 2.79. The Morgan fingerprint density at radius 1 is 1.53 bits per heavy atom. The van der Waals surface area contributed by atoms with Gasteiger partial charge in [0.15, 0.2) is 11.0 Å². The highest BCUT2D eigenvalue weighted by Gasteiger charge is 2.31. The first kappa shape index (κ1) is 14.0. The topological polar surface area (TPSA) is 78.4 Å². The first-order valence-electron chi connectivity index (χ1n) is 6.05. The second kappa shape index (κ2) is 4.94. The molecule has 2 amide bonds. The molecule has 1 fully saturated rings. The van der Waals surface area contributed by atoms with Gasteiger partial charge in [-0.3, -0.25) is 4.90 Å². The Kier molecular flexibility index (Phi) is 3.64. The summed E-state index contributed by atoms with van der Waals surface area (Å²) in [7, 11) is 0. The molecule has 2 rings (SSSR count). The fourth-order valence-corrected chi connectivity index (χ4v) is 2.30. The average molecular weight is 285 g/mol. The molecule has 2 N–H and O–H groups in total. The zero-order valence-corrected chi connectivity index (χ0v) is 11.9. The summed E-state index contributed by atoms with van der Waals surface area (Å²) in [6.07, 6.45) is 0. The van der Waals surface area contributed by atoms with E-state index in [1.54, 1.807) is 6.07 Å². The van der Waals surface area contributed by atoms with Crippen LogP contribution in [0.15, 0.2) is 6.07 Å². The molecule has 0 aromatic carbocycles. The van der Waals surface area contributed by atoms with Crippen LogP contribution in [0.2, 0.25) is 5.15 Å². The third-order valence-electron chi connectivity index (χ3n) is 3.02. The molecule has 1 saturated heterocycles. The lowest BCUT2D eigenvalue weighted by Crippen LogP contribution is -2.30. The molecule has 0 bridgehead atoms. The monoisotopic (exact) mass is 284 g/mol. The van der Waals surface area contributed by atoms with Crippen LogP contribution in [-0.4, -0.2) is 40.5 Å². The summed E-state index contributed by atoms with van der Waals surface area (Å²) in [5.41, 5.74) is 0.647. The van der Waals surface area contributed by atoms with E-state index in [1.165, 1.54) is 4.90 Å². The van der Waals surface area contributed by atoms with Gasteiger partial charge in [0.1, 0.15) is 0 Å². The van der Waals surface area contributed by atoms with Crippen LogP contribution in [0.4, 0.5) is 10.6 Å².